The van der Waals surface area contributed by atoms with Gasteiger partial charge in [-0.15, -0.1) is 0 Å². The Balaban J connectivity index is 1.93. The molecule has 23 heavy (non-hydrogen) atoms. The minimum absolute atomic E-state index is 0.356. The highest BCUT2D eigenvalue weighted by atomic mass is 19.4. The molecule has 0 aliphatic heterocycles. The zero-order chi connectivity index (χ0) is 17.0. The summed E-state index contributed by atoms with van der Waals surface area (Å²) in [7, 11) is 0. The molecule has 0 bridgehead atoms. The Bertz CT molecular complexity index is 677. The lowest BCUT2D eigenvalue weighted by atomic mass is 10.2. The number of carbonyl (C=O) groups excluding carboxylic acids is 1. The summed E-state index contributed by atoms with van der Waals surface area (Å²) in [5, 5.41) is 10.5. The topological polar surface area (TPSA) is 74.0 Å². The lowest BCUT2D eigenvalue weighted by Gasteiger charge is -2.07. The summed E-state index contributed by atoms with van der Waals surface area (Å²) in [6.45, 7) is 2.62. The second kappa shape index (κ2) is 6.82. The van der Waals surface area contributed by atoms with E-state index >= 15 is 0 Å². The van der Waals surface area contributed by atoms with Gasteiger partial charge in [-0.2, -0.15) is 23.4 Å². The van der Waals surface area contributed by atoms with Crippen LogP contribution in [-0.4, -0.2) is 38.3 Å². The molecule has 2 aromatic rings. The molecule has 2 heterocycles. The van der Waals surface area contributed by atoms with Crippen LogP contribution in [0.25, 0.3) is 0 Å². The molecule has 0 radical (unpaired) electrons. The van der Waals surface area contributed by atoms with Crippen molar-refractivity contribution in [2.24, 2.45) is 0 Å². The molecule has 1 amide bonds. The minimum atomic E-state index is -4.39. The van der Waals surface area contributed by atoms with Crippen molar-refractivity contribution >= 4 is 11.6 Å². The molecule has 0 aromatic carbocycles. The second-order valence-electron chi connectivity index (χ2n) is 4.77. The number of aryl methyl sites for hydroxylation is 1. The molecule has 10 heteroatoms. The first-order valence-electron chi connectivity index (χ1n) is 6.81. The van der Waals surface area contributed by atoms with Gasteiger partial charge in [0, 0.05) is 12.2 Å². The molecule has 0 unspecified atom stereocenters. The van der Waals surface area contributed by atoms with Crippen LogP contribution in [-0.2, 0) is 18.0 Å². The Morgan fingerprint density at radius 3 is 2.70 bits per heavy atom. The molecule has 0 aliphatic carbocycles. The van der Waals surface area contributed by atoms with Crippen LogP contribution in [0.4, 0.5) is 18.9 Å². The fourth-order valence-corrected chi connectivity index (χ4v) is 1.94. The van der Waals surface area contributed by atoms with E-state index in [-0.39, 0.29) is 12.6 Å². The zero-order valence-electron chi connectivity index (χ0n) is 12.6. The summed E-state index contributed by atoms with van der Waals surface area (Å²) in [6.07, 6.45) is -0.214. The highest BCUT2D eigenvalue weighted by Crippen LogP contribution is 2.15. The number of hydrogen-bond donors (Lipinski definition) is 1. The van der Waals surface area contributed by atoms with Crippen LogP contribution in [0.15, 0.2) is 18.6 Å². The van der Waals surface area contributed by atoms with Crippen LogP contribution in [0.3, 0.4) is 0 Å². The fourth-order valence-electron chi connectivity index (χ4n) is 1.94. The monoisotopic (exact) mass is 331 g/mol. The predicted octanol–water partition coefficient (Wildman–Crippen LogP) is 2.20. The number of carbonyl (C=O) groups is 1. The van der Waals surface area contributed by atoms with Gasteiger partial charge in [-0.3, -0.25) is 9.48 Å². The highest BCUT2D eigenvalue weighted by molar-refractivity contribution is 6.04. The van der Waals surface area contributed by atoms with Gasteiger partial charge in [0.15, 0.2) is 0 Å². The van der Waals surface area contributed by atoms with Gasteiger partial charge >= 0.3 is 6.18 Å². The molecular weight excluding hydrogens is 315 g/mol. The van der Waals surface area contributed by atoms with E-state index in [1.54, 1.807) is 11.6 Å². The largest absolute Gasteiger partial charge is 0.411 e. The minimum Gasteiger partial charge on any atom is -0.350 e. The van der Waals surface area contributed by atoms with Crippen molar-refractivity contribution in [3.05, 3.63) is 29.8 Å². The maximum atomic E-state index is 12.1. The van der Waals surface area contributed by atoms with Crippen LogP contribution in [0, 0.1) is 6.92 Å². The van der Waals surface area contributed by atoms with Crippen molar-refractivity contribution in [2.45, 2.75) is 33.3 Å². The molecule has 0 aliphatic rings. The van der Waals surface area contributed by atoms with Crippen molar-refractivity contribution in [2.75, 3.05) is 11.9 Å². The number of aromatic nitrogens is 4. The van der Waals surface area contributed by atoms with Gasteiger partial charge in [-0.05, 0) is 13.8 Å². The van der Waals surface area contributed by atoms with E-state index in [0.29, 0.717) is 17.8 Å². The molecule has 0 atom stereocenters. The first-order chi connectivity index (χ1) is 10.8. The average Bonchev–Trinajstić information content (AvgIpc) is 3.04. The number of anilines is 1. The van der Waals surface area contributed by atoms with Gasteiger partial charge in [-0.1, -0.05) is 0 Å². The van der Waals surface area contributed by atoms with E-state index in [4.69, 9.17) is 0 Å². The summed E-state index contributed by atoms with van der Waals surface area (Å²) in [6, 6.07) is 0. The van der Waals surface area contributed by atoms with E-state index in [1.165, 1.54) is 18.6 Å². The van der Waals surface area contributed by atoms with Crippen molar-refractivity contribution < 1.29 is 22.7 Å². The molecular formula is C13H16F3N5O2. The third-order valence-corrected chi connectivity index (χ3v) is 3.03. The van der Waals surface area contributed by atoms with E-state index < -0.39 is 12.8 Å². The Hall–Kier alpha value is -2.36. The highest BCUT2D eigenvalue weighted by Gasteiger charge is 2.27. The fraction of sp³-hybridized carbons (Fsp3) is 0.462. The normalized spacial score (nSPS) is 11.7. The molecule has 7 nitrogen and oxygen atoms in total. The number of amides is 1. The predicted molar refractivity (Wildman–Crippen MR) is 74.8 cm³/mol. The number of nitrogens with zero attached hydrogens (tertiary/aromatic N) is 4. The molecule has 0 spiro atoms. The molecule has 126 valence electrons. The number of nitrogens with one attached hydrogen (secondary N) is 1. The molecule has 0 saturated carbocycles. The lowest BCUT2D eigenvalue weighted by Crippen LogP contribution is -2.18. The summed E-state index contributed by atoms with van der Waals surface area (Å²) in [5.74, 6) is -0.363. The van der Waals surface area contributed by atoms with Crippen molar-refractivity contribution in [3.63, 3.8) is 0 Å². The van der Waals surface area contributed by atoms with Crippen LogP contribution in [0.2, 0.25) is 0 Å². The van der Waals surface area contributed by atoms with Crippen molar-refractivity contribution in [1.29, 1.82) is 0 Å². The maximum absolute atomic E-state index is 12.1. The number of ether oxygens (including phenoxy) is 1. The van der Waals surface area contributed by atoms with E-state index in [0.717, 1.165) is 10.4 Å². The molecule has 0 fully saturated rings. The molecule has 1 N–H and O–H groups in total. The van der Waals surface area contributed by atoms with Crippen LogP contribution >= 0.6 is 0 Å². The van der Waals surface area contributed by atoms with Crippen LogP contribution in [0.1, 0.15) is 23.0 Å². The molecule has 2 aromatic heterocycles. The van der Waals surface area contributed by atoms with Crippen LogP contribution < -0.4 is 5.32 Å². The van der Waals surface area contributed by atoms with Gasteiger partial charge in [0.1, 0.15) is 13.3 Å². The quantitative estimate of drug-likeness (QED) is 0.881. The van der Waals surface area contributed by atoms with Gasteiger partial charge in [0.2, 0.25) is 0 Å². The number of hydrogen-bond acceptors (Lipinski definition) is 4. The SMILES string of the molecule is CCn1ncc(C(=O)Nc2cnn(COCC(F)(F)F)c2)c1C. The Morgan fingerprint density at radius 1 is 1.35 bits per heavy atom. The number of alkyl halides is 3. The van der Waals surface area contributed by atoms with E-state index in [2.05, 4.69) is 20.3 Å². The third-order valence-electron chi connectivity index (χ3n) is 3.03. The average molecular weight is 331 g/mol. The molecule has 2 rings (SSSR count). The zero-order valence-corrected chi connectivity index (χ0v) is 12.6. The van der Waals surface area contributed by atoms with Gasteiger partial charge in [0.05, 0.1) is 29.8 Å². The lowest BCUT2D eigenvalue weighted by molar-refractivity contribution is -0.182. The van der Waals surface area contributed by atoms with Crippen LogP contribution in [0.5, 0.6) is 0 Å². The summed E-state index contributed by atoms with van der Waals surface area (Å²) >= 11 is 0. The number of halogens is 3. The Labute approximate surface area is 130 Å². The van der Waals surface area contributed by atoms with E-state index in [1.807, 2.05) is 6.92 Å². The standard InChI is InChI=1S/C13H16F3N5O2/c1-3-21-9(2)11(5-18-21)12(22)19-10-4-17-20(6-10)8-23-7-13(14,15)16/h4-6H,3,7-8H2,1-2H3,(H,19,22). The summed E-state index contributed by atoms with van der Waals surface area (Å²) in [4.78, 5) is 12.1. The Kier molecular flexibility index (Phi) is 5.04. The second-order valence-corrected chi connectivity index (χ2v) is 4.77. The summed E-state index contributed by atoms with van der Waals surface area (Å²) in [5.41, 5.74) is 1.51. The van der Waals surface area contributed by atoms with Crippen molar-refractivity contribution in [1.82, 2.24) is 19.6 Å². The van der Waals surface area contributed by atoms with Gasteiger partial charge in [-0.25, -0.2) is 4.68 Å². The van der Waals surface area contributed by atoms with Gasteiger partial charge < -0.3 is 10.1 Å². The Morgan fingerprint density at radius 2 is 2.09 bits per heavy atom. The van der Waals surface area contributed by atoms with Crippen molar-refractivity contribution in [3.8, 4) is 0 Å². The first-order valence-corrected chi connectivity index (χ1v) is 6.81. The smallest absolute Gasteiger partial charge is 0.350 e. The molecule has 0 saturated heterocycles. The summed E-state index contributed by atoms with van der Waals surface area (Å²) < 4.78 is 43.2. The van der Waals surface area contributed by atoms with E-state index in [9.17, 15) is 18.0 Å². The third kappa shape index (κ3) is 4.55. The maximum Gasteiger partial charge on any atom is 0.411 e. The number of rotatable bonds is 6. The van der Waals surface area contributed by atoms with Gasteiger partial charge in [0.25, 0.3) is 5.91 Å². The first kappa shape index (κ1) is 17.0.